The van der Waals surface area contributed by atoms with Crippen molar-refractivity contribution >= 4 is 17.8 Å². The number of nitrogens with one attached hydrogen (secondary N) is 1. The first-order chi connectivity index (χ1) is 9.95. The Morgan fingerprint density at radius 2 is 2.19 bits per heavy atom. The fraction of sp³-hybridized carbons (Fsp3) is 0.615. The van der Waals surface area contributed by atoms with Gasteiger partial charge >= 0.3 is 11.9 Å². The molecule has 114 valence electrons. The van der Waals surface area contributed by atoms with Gasteiger partial charge in [-0.3, -0.25) is 9.59 Å². The molecule has 3 aliphatic rings. The Balaban J connectivity index is 2.04. The van der Waals surface area contributed by atoms with Gasteiger partial charge in [-0.15, -0.1) is 0 Å². The topological polar surface area (TPSA) is 122 Å². The molecule has 8 nitrogen and oxygen atoms in total. The number of aliphatic carboxylic acids is 2. The molecule has 5 atom stereocenters. The molecule has 3 rings (SSSR count). The Bertz CT molecular complexity index is 531. The summed E-state index contributed by atoms with van der Waals surface area (Å²) in [5.74, 6) is -4.01. The molecule has 1 amide bonds. The van der Waals surface area contributed by atoms with Crippen molar-refractivity contribution in [2.24, 2.45) is 5.92 Å². The largest absolute Gasteiger partial charge is 0.481 e. The van der Waals surface area contributed by atoms with Crippen LogP contribution in [0.15, 0.2) is 12.2 Å². The van der Waals surface area contributed by atoms with E-state index in [1.165, 1.54) is 0 Å². The molecule has 0 radical (unpaired) electrons. The second kappa shape index (κ2) is 4.81. The van der Waals surface area contributed by atoms with Crippen LogP contribution in [0.1, 0.15) is 12.8 Å². The number of carboxylic acid groups (broad SMARTS) is 2. The molecule has 0 aromatic carbocycles. The minimum atomic E-state index is -1.62. The van der Waals surface area contributed by atoms with Gasteiger partial charge in [0.05, 0.1) is 18.9 Å². The van der Waals surface area contributed by atoms with Crippen LogP contribution < -0.4 is 5.32 Å². The van der Waals surface area contributed by atoms with E-state index in [-0.39, 0.29) is 0 Å². The molecule has 3 heterocycles. The number of fused-ring (bicyclic) bond motifs is 3. The van der Waals surface area contributed by atoms with E-state index >= 15 is 0 Å². The molecule has 3 N–H and O–H groups in total. The summed E-state index contributed by atoms with van der Waals surface area (Å²) in [7, 11) is 0. The van der Waals surface area contributed by atoms with Gasteiger partial charge in [0.25, 0.3) is 0 Å². The third-order valence-electron chi connectivity index (χ3n) is 4.19. The Kier molecular flexibility index (Phi) is 3.22. The van der Waals surface area contributed by atoms with Crippen LogP contribution in [0.2, 0.25) is 0 Å². The van der Waals surface area contributed by atoms with Gasteiger partial charge in [0.1, 0.15) is 17.8 Å². The highest BCUT2D eigenvalue weighted by atomic mass is 16.6. The number of hydrogen-bond acceptors (Lipinski definition) is 5. The van der Waals surface area contributed by atoms with Crippen molar-refractivity contribution in [1.29, 1.82) is 0 Å². The average Bonchev–Trinajstić information content (AvgIpc) is 2.71. The Labute approximate surface area is 119 Å². The van der Waals surface area contributed by atoms with E-state index in [4.69, 9.17) is 14.6 Å². The standard InChI is InChI=1S/C13H15NO7/c15-7(16)5-13-8(11(17)14-10(13)12(18)19)9-6(21-13)3-1-2-4-20-9/h1,3,6,8-10H,2,4-5H2,(H,14,17)(H,15,16)(H,18,19)/t6-,8+,9+,10-,13+/m1/s1. The molecule has 8 heteroatoms. The highest BCUT2D eigenvalue weighted by Gasteiger charge is 2.69. The van der Waals surface area contributed by atoms with Gasteiger partial charge in [0, 0.05) is 0 Å². The van der Waals surface area contributed by atoms with E-state index < -0.39 is 54.0 Å². The lowest BCUT2D eigenvalue weighted by molar-refractivity contribution is -0.155. The summed E-state index contributed by atoms with van der Waals surface area (Å²) >= 11 is 0. The third-order valence-corrected chi connectivity index (χ3v) is 4.19. The van der Waals surface area contributed by atoms with E-state index in [1.54, 1.807) is 6.08 Å². The molecule has 2 fully saturated rings. The molecule has 2 saturated heterocycles. The van der Waals surface area contributed by atoms with Crippen molar-refractivity contribution in [3.8, 4) is 0 Å². The fourth-order valence-corrected chi connectivity index (χ4v) is 3.44. The molecule has 0 bridgehead atoms. The maximum atomic E-state index is 12.2. The minimum Gasteiger partial charge on any atom is -0.481 e. The van der Waals surface area contributed by atoms with Crippen molar-refractivity contribution in [2.45, 2.75) is 36.7 Å². The zero-order chi connectivity index (χ0) is 15.2. The normalized spacial score (nSPS) is 41.0. The lowest BCUT2D eigenvalue weighted by Crippen LogP contribution is -2.52. The van der Waals surface area contributed by atoms with Gasteiger partial charge in [0.15, 0.2) is 6.04 Å². The lowest BCUT2D eigenvalue weighted by atomic mass is 9.80. The molecule has 0 aromatic heterocycles. The van der Waals surface area contributed by atoms with E-state index in [1.807, 2.05) is 6.08 Å². The molecule has 0 unspecified atom stereocenters. The van der Waals surface area contributed by atoms with Crippen LogP contribution in [-0.2, 0) is 23.9 Å². The van der Waals surface area contributed by atoms with Crippen LogP contribution in [0.4, 0.5) is 0 Å². The summed E-state index contributed by atoms with van der Waals surface area (Å²) in [6.45, 7) is 0.381. The van der Waals surface area contributed by atoms with Gasteiger partial charge < -0.3 is 25.0 Å². The fourth-order valence-electron chi connectivity index (χ4n) is 3.44. The molecule has 0 spiro atoms. The van der Waals surface area contributed by atoms with Crippen LogP contribution in [0.5, 0.6) is 0 Å². The number of amides is 1. The SMILES string of the molecule is O=C(O)C[C@]12O[C@@H]3C=CCCO[C@@H]3[C@H]1C(=O)N[C@@H]2C(=O)O. The van der Waals surface area contributed by atoms with Gasteiger partial charge in [-0.05, 0) is 6.42 Å². The quantitative estimate of drug-likeness (QED) is 0.579. The Hall–Kier alpha value is -1.93. The lowest BCUT2D eigenvalue weighted by Gasteiger charge is -2.29. The number of rotatable bonds is 3. The van der Waals surface area contributed by atoms with E-state index in [2.05, 4.69) is 5.32 Å². The number of carboxylic acids is 2. The Morgan fingerprint density at radius 3 is 2.86 bits per heavy atom. The van der Waals surface area contributed by atoms with Gasteiger partial charge in [0.2, 0.25) is 5.91 Å². The second-order valence-corrected chi connectivity index (χ2v) is 5.42. The molecular formula is C13H15NO7. The number of carbonyl (C=O) groups excluding carboxylic acids is 1. The first-order valence-corrected chi connectivity index (χ1v) is 6.67. The van der Waals surface area contributed by atoms with Crippen molar-refractivity contribution in [3.05, 3.63) is 12.2 Å². The first kappa shape index (κ1) is 14.0. The van der Waals surface area contributed by atoms with Crippen molar-refractivity contribution < 1.29 is 34.1 Å². The van der Waals surface area contributed by atoms with Gasteiger partial charge in [-0.2, -0.15) is 0 Å². The molecule has 0 aromatic rings. The predicted molar refractivity (Wildman–Crippen MR) is 66.4 cm³/mol. The van der Waals surface area contributed by atoms with Crippen molar-refractivity contribution in [3.63, 3.8) is 0 Å². The highest BCUT2D eigenvalue weighted by molar-refractivity contribution is 5.94. The van der Waals surface area contributed by atoms with Crippen LogP contribution in [-0.4, -0.2) is 58.5 Å². The Morgan fingerprint density at radius 1 is 1.43 bits per heavy atom. The molecule has 0 saturated carbocycles. The minimum absolute atomic E-state index is 0.381. The predicted octanol–water partition coefficient (Wildman–Crippen LogP) is -0.857. The maximum absolute atomic E-state index is 12.2. The van der Waals surface area contributed by atoms with E-state index in [0.29, 0.717) is 13.0 Å². The van der Waals surface area contributed by atoms with Crippen LogP contribution in [0.25, 0.3) is 0 Å². The molecular weight excluding hydrogens is 282 g/mol. The number of ether oxygens (including phenoxy) is 2. The maximum Gasteiger partial charge on any atom is 0.329 e. The molecule has 21 heavy (non-hydrogen) atoms. The number of carbonyl (C=O) groups is 3. The van der Waals surface area contributed by atoms with Crippen LogP contribution in [0, 0.1) is 5.92 Å². The number of hydrogen-bond donors (Lipinski definition) is 3. The highest BCUT2D eigenvalue weighted by Crippen LogP contribution is 2.47. The summed E-state index contributed by atoms with van der Waals surface area (Å²) in [4.78, 5) is 34.7. The first-order valence-electron chi connectivity index (χ1n) is 6.67. The zero-order valence-corrected chi connectivity index (χ0v) is 11.0. The zero-order valence-electron chi connectivity index (χ0n) is 11.0. The summed E-state index contributed by atoms with van der Waals surface area (Å²) in [6, 6.07) is -1.39. The summed E-state index contributed by atoms with van der Waals surface area (Å²) in [5, 5.41) is 20.7. The summed E-state index contributed by atoms with van der Waals surface area (Å²) in [6.07, 6.45) is 2.37. The average molecular weight is 297 g/mol. The summed E-state index contributed by atoms with van der Waals surface area (Å²) < 4.78 is 11.4. The molecule has 0 aliphatic carbocycles. The van der Waals surface area contributed by atoms with Crippen molar-refractivity contribution in [1.82, 2.24) is 5.32 Å². The smallest absolute Gasteiger partial charge is 0.329 e. The van der Waals surface area contributed by atoms with Gasteiger partial charge in [-0.1, -0.05) is 12.2 Å². The van der Waals surface area contributed by atoms with Crippen LogP contribution >= 0.6 is 0 Å². The van der Waals surface area contributed by atoms with Crippen molar-refractivity contribution in [2.75, 3.05) is 6.61 Å². The third kappa shape index (κ3) is 2.02. The molecule has 3 aliphatic heterocycles. The summed E-state index contributed by atoms with van der Waals surface area (Å²) in [5.41, 5.74) is -1.62. The van der Waals surface area contributed by atoms with E-state index in [0.717, 1.165) is 0 Å². The van der Waals surface area contributed by atoms with E-state index in [9.17, 15) is 19.5 Å². The monoisotopic (exact) mass is 297 g/mol. The second-order valence-electron chi connectivity index (χ2n) is 5.42. The van der Waals surface area contributed by atoms with Gasteiger partial charge in [-0.25, -0.2) is 4.79 Å². The van der Waals surface area contributed by atoms with Crippen LogP contribution in [0.3, 0.4) is 0 Å².